The highest BCUT2D eigenvalue weighted by atomic mass is 16.5. The highest BCUT2D eigenvalue weighted by Gasteiger charge is 2.09. The molecule has 5 heteroatoms. The third-order valence-corrected chi connectivity index (χ3v) is 2.36. The summed E-state index contributed by atoms with van der Waals surface area (Å²) in [4.78, 5) is 21.2. The van der Waals surface area contributed by atoms with Gasteiger partial charge in [-0.1, -0.05) is 6.07 Å². The van der Waals surface area contributed by atoms with Crippen LogP contribution in [0.1, 0.15) is 17.5 Å². The van der Waals surface area contributed by atoms with Crippen molar-refractivity contribution in [1.29, 1.82) is 0 Å². The van der Waals surface area contributed by atoms with Gasteiger partial charge in [-0.05, 0) is 29.7 Å². The first kappa shape index (κ1) is 13.0. The lowest BCUT2D eigenvalue weighted by atomic mass is 10.00. The summed E-state index contributed by atoms with van der Waals surface area (Å²) < 4.78 is 5.03. The number of aliphatic carboxylic acids is 2. The highest BCUT2D eigenvalue weighted by Crippen LogP contribution is 2.19. The standard InChI is InChI=1S/C12H14O5/c1-17-10-4-2-9(7-12(15)16)8(6-10)3-5-11(13)14/h2,4,6H,3,5,7H2,1H3,(H,13,14)(H,15,16). The van der Waals surface area contributed by atoms with Gasteiger partial charge in [-0.25, -0.2) is 0 Å². The van der Waals surface area contributed by atoms with Gasteiger partial charge in [0.15, 0.2) is 0 Å². The predicted molar refractivity (Wildman–Crippen MR) is 60.3 cm³/mol. The van der Waals surface area contributed by atoms with Crippen molar-refractivity contribution in [2.75, 3.05) is 7.11 Å². The van der Waals surface area contributed by atoms with E-state index in [1.165, 1.54) is 7.11 Å². The molecule has 0 amide bonds. The molecule has 0 heterocycles. The van der Waals surface area contributed by atoms with Crippen LogP contribution in [-0.4, -0.2) is 29.3 Å². The second-order valence-electron chi connectivity index (χ2n) is 3.60. The van der Waals surface area contributed by atoms with Gasteiger partial charge in [0, 0.05) is 6.42 Å². The minimum absolute atomic E-state index is 0.0280. The molecule has 0 fully saturated rings. The number of hydrogen-bond acceptors (Lipinski definition) is 3. The summed E-state index contributed by atoms with van der Waals surface area (Å²) in [5.74, 6) is -1.25. The fourth-order valence-electron chi connectivity index (χ4n) is 1.54. The number of hydrogen-bond donors (Lipinski definition) is 2. The Morgan fingerprint density at radius 1 is 1.18 bits per heavy atom. The molecule has 0 saturated carbocycles. The molecule has 0 aliphatic heterocycles. The second-order valence-corrected chi connectivity index (χ2v) is 3.60. The first-order chi connectivity index (χ1) is 8.02. The van der Waals surface area contributed by atoms with Crippen molar-refractivity contribution in [3.8, 4) is 5.75 Å². The van der Waals surface area contributed by atoms with E-state index >= 15 is 0 Å². The maximum absolute atomic E-state index is 10.7. The first-order valence-corrected chi connectivity index (χ1v) is 5.12. The van der Waals surface area contributed by atoms with E-state index in [4.69, 9.17) is 14.9 Å². The number of ether oxygens (including phenoxy) is 1. The summed E-state index contributed by atoms with van der Waals surface area (Å²) >= 11 is 0. The number of carboxylic acid groups (broad SMARTS) is 2. The van der Waals surface area contributed by atoms with Crippen molar-refractivity contribution in [1.82, 2.24) is 0 Å². The van der Waals surface area contributed by atoms with Crippen LogP contribution in [-0.2, 0) is 22.4 Å². The lowest BCUT2D eigenvalue weighted by Crippen LogP contribution is -2.06. The smallest absolute Gasteiger partial charge is 0.307 e. The fraction of sp³-hybridized carbons (Fsp3) is 0.333. The van der Waals surface area contributed by atoms with E-state index in [2.05, 4.69) is 0 Å². The minimum atomic E-state index is -0.938. The maximum atomic E-state index is 10.7. The van der Waals surface area contributed by atoms with Crippen molar-refractivity contribution >= 4 is 11.9 Å². The number of benzene rings is 1. The molecule has 0 unspecified atom stereocenters. The van der Waals surface area contributed by atoms with E-state index in [1.54, 1.807) is 18.2 Å². The first-order valence-electron chi connectivity index (χ1n) is 5.12. The molecule has 1 aromatic carbocycles. The average Bonchev–Trinajstić information content (AvgIpc) is 2.27. The van der Waals surface area contributed by atoms with Gasteiger partial charge in [0.25, 0.3) is 0 Å². The molecule has 0 aliphatic carbocycles. The van der Waals surface area contributed by atoms with Crippen LogP contribution in [0.5, 0.6) is 5.75 Å². The van der Waals surface area contributed by atoms with Gasteiger partial charge in [-0.3, -0.25) is 9.59 Å². The van der Waals surface area contributed by atoms with E-state index in [0.29, 0.717) is 23.3 Å². The molecule has 0 bridgehead atoms. The van der Waals surface area contributed by atoms with Gasteiger partial charge >= 0.3 is 11.9 Å². The molecule has 17 heavy (non-hydrogen) atoms. The fourth-order valence-corrected chi connectivity index (χ4v) is 1.54. The zero-order valence-electron chi connectivity index (χ0n) is 9.47. The van der Waals surface area contributed by atoms with Gasteiger partial charge in [-0.2, -0.15) is 0 Å². The van der Waals surface area contributed by atoms with Crippen molar-refractivity contribution in [2.24, 2.45) is 0 Å². The number of aryl methyl sites for hydroxylation is 1. The highest BCUT2D eigenvalue weighted by molar-refractivity contribution is 5.71. The molecule has 92 valence electrons. The predicted octanol–water partition coefficient (Wildman–Crippen LogP) is 1.34. The molecule has 5 nitrogen and oxygen atoms in total. The Morgan fingerprint density at radius 3 is 2.41 bits per heavy atom. The molecular weight excluding hydrogens is 224 g/mol. The monoisotopic (exact) mass is 238 g/mol. The topological polar surface area (TPSA) is 83.8 Å². The van der Waals surface area contributed by atoms with Gasteiger partial charge in [0.2, 0.25) is 0 Å². The molecule has 0 saturated heterocycles. The molecule has 0 atom stereocenters. The average molecular weight is 238 g/mol. The summed E-state index contributed by atoms with van der Waals surface area (Å²) in [7, 11) is 1.51. The molecule has 0 spiro atoms. The molecule has 1 aromatic rings. The van der Waals surface area contributed by atoms with E-state index in [9.17, 15) is 9.59 Å². The van der Waals surface area contributed by atoms with Crippen molar-refractivity contribution in [3.05, 3.63) is 29.3 Å². The Morgan fingerprint density at radius 2 is 1.88 bits per heavy atom. The Labute approximate surface area is 98.6 Å². The summed E-state index contributed by atoms with van der Waals surface area (Å²) in [6.45, 7) is 0. The van der Waals surface area contributed by atoms with E-state index in [-0.39, 0.29) is 12.8 Å². The molecule has 0 aromatic heterocycles. The third-order valence-electron chi connectivity index (χ3n) is 2.36. The van der Waals surface area contributed by atoms with Crippen LogP contribution >= 0.6 is 0 Å². The van der Waals surface area contributed by atoms with Crippen LogP contribution in [0.4, 0.5) is 0 Å². The normalized spacial score (nSPS) is 9.94. The molecule has 0 aliphatic rings. The lowest BCUT2D eigenvalue weighted by molar-refractivity contribution is -0.137. The Bertz CT molecular complexity index is 425. The summed E-state index contributed by atoms with van der Waals surface area (Å²) in [5, 5.41) is 17.4. The Balaban J connectivity index is 2.93. The molecule has 2 N–H and O–H groups in total. The number of carboxylic acids is 2. The molecule has 1 rings (SSSR count). The van der Waals surface area contributed by atoms with Crippen LogP contribution < -0.4 is 4.74 Å². The van der Waals surface area contributed by atoms with Crippen LogP contribution in [0.2, 0.25) is 0 Å². The van der Waals surface area contributed by atoms with Crippen LogP contribution in [0, 0.1) is 0 Å². The Kier molecular flexibility index (Phi) is 4.51. The SMILES string of the molecule is COc1ccc(CC(=O)O)c(CCC(=O)O)c1. The summed E-state index contributed by atoms with van der Waals surface area (Å²) in [6.07, 6.45) is 0.161. The molecular formula is C12H14O5. The Hall–Kier alpha value is -2.04. The van der Waals surface area contributed by atoms with Gasteiger partial charge in [0.1, 0.15) is 5.75 Å². The second kappa shape index (κ2) is 5.89. The van der Waals surface area contributed by atoms with Crippen molar-refractivity contribution in [2.45, 2.75) is 19.3 Å². The van der Waals surface area contributed by atoms with Crippen LogP contribution in [0.15, 0.2) is 18.2 Å². The number of rotatable bonds is 6. The van der Waals surface area contributed by atoms with Gasteiger partial charge in [0.05, 0.1) is 13.5 Å². The third kappa shape index (κ3) is 4.14. The van der Waals surface area contributed by atoms with Crippen molar-refractivity contribution < 1.29 is 24.5 Å². The van der Waals surface area contributed by atoms with Gasteiger partial charge in [-0.15, -0.1) is 0 Å². The zero-order valence-corrected chi connectivity index (χ0v) is 9.47. The zero-order chi connectivity index (χ0) is 12.8. The minimum Gasteiger partial charge on any atom is -0.497 e. The lowest BCUT2D eigenvalue weighted by Gasteiger charge is -2.09. The largest absolute Gasteiger partial charge is 0.497 e. The number of methoxy groups -OCH3 is 1. The molecule has 0 radical (unpaired) electrons. The van der Waals surface area contributed by atoms with Crippen LogP contribution in [0.3, 0.4) is 0 Å². The quantitative estimate of drug-likeness (QED) is 0.781. The van der Waals surface area contributed by atoms with E-state index < -0.39 is 11.9 Å². The van der Waals surface area contributed by atoms with E-state index in [0.717, 1.165) is 0 Å². The number of carbonyl (C=O) groups is 2. The summed E-state index contributed by atoms with van der Waals surface area (Å²) in [6, 6.07) is 5.01. The van der Waals surface area contributed by atoms with Crippen molar-refractivity contribution in [3.63, 3.8) is 0 Å². The summed E-state index contributed by atoms with van der Waals surface area (Å²) in [5.41, 5.74) is 1.33. The van der Waals surface area contributed by atoms with Crippen LogP contribution in [0.25, 0.3) is 0 Å². The van der Waals surface area contributed by atoms with E-state index in [1.807, 2.05) is 0 Å². The maximum Gasteiger partial charge on any atom is 0.307 e. The van der Waals surface area contributed by atoms with Gasteiger partial charge < -0.3 is 14.9 Å².